The van der Waals surface area contributed by atoms with Gasteiger partial charge in [-0.3, -0.25) is 0 Å². The van der Waals surface area contributed by atoms with Gasteiger partial charge in [0, 0.05) is 38.1 Å². The highest BCUT2D eigenvalue weighted by molar-refractivity contribution is 14.0. The summed E-state index contributed by atoms with van der Waals surface area (Å²) in [5.41, 5.74) is 2.09. The third-order valence-corrected chi connectivity index (χ3v) is 5.02. The van der Waals surface area contributed by atoms with Crippen LogP contribution in [-0.2, 0) is 30.5 Å². The Kier molecular flexibility index (Phi) is 10.5. The van der Waals surface area contributed by atoms with Crippen LogP contribution >= 0.6 is 24.0 Å². The number of halogens is 1. The van der Waals surface area contributed by atoms with Gasteiger partial charge >= 0.3 is 0 Å². The van der Waals surface area contributed by atoms with E-state index < -0.39 is 0 Å². The van der Waals surface area contributed by atoms with Crippen LogP contribution in [0.2, 0.25) is 0 Å². The molecule has 7 nitrogen and oxygen atoms in total. The molecular weight excluding hydrogens is 483 g/mol. The number of nitrogens with one attached hydrogen (secondary N) is 2. The number of furan rings is 1. The molecule has 0 bridgehead atoms. The lowest BCUT2D eigenvalue weighted by Gasteiger charge is -2.23. The van der Waals surface area contributed by atoms with Gasteiger partial charge in [0.15, 0.2) is 5.96 Å². The van der Waals surface area contributed by atoms with Gasteiger partial charge in [0.1, 0.15) is 11.5 Å². The van der Waals surface area contributed by atoms with Crippen molar-refractivity contribution >= 4 is 29.9 Å². The molecular formula is C21H33IN4O3. The molecule has 1 atom stereocenters. The predicted octanol–water partition coefficient (Wildman–Crippen LogP) is 3.86. The molecule has 0 saturated carbocycles. The molecule has 3 heterocycles. The highest BCUT2D eigenvalue weighted by Crippen LogP contribution is 2.17. The van der Waals surface area contributed by atoms with Crippen LogP contribution in [0.15, 0.2) is 32.3 Å². The van der Waals surface area contributed by atoms with E-state index in [4.69, 9.17) is 18.7 Å². The smallest absolute Gasteiger partial charge is 0.191 e. The fourth-order valence-electron chi connectivity index (χ4n) is 3.39. The Bertz CT molecular complexity index is 703. The molecule has 162 valence electrons. The number of aryl methyl sites for hydroxylation is 2. The second kappa shape index (κ2) is 12.9. The molecule has 1 aliphatic rings. The van der Waals surface area contributed by atoms with Crippen LogP contribution in [0.1, 0.15) is 55.9 Å². The molecule has 2 aromatic rings. The van der Waals surface area contributed by atoms with Crippen molar-refractivity contribution in [1.82, 2.24) is 15.8 Å². The van der Waals surface area contributed by atoms with Gasteiger partial charge in [-0.15, -0.1) is 24.0 Å². The number of hydrogen-bond acceptors (Lipinski definition) is 5. The SMILES string of the molecule is CCc1noc(CC)c1CN=C(NCCc1ccco1)NCC1CCCCO1.I. The quantitative estimate of drug-likeness (QED) is 0.299. The zero-order valence-electron chi connectivity index (χ0n) is 17.4. The molecule has 0 radical (unpaired) electrons. The maximum atomic E-state index is 5.83. The molecule has 1 fully saturated rings. The summed E-state index contributed by atoms with van der Waals surface area (Å²) in [7, 11) is 0. The van der Waals surface area contributed by atoms with E-state index >= 15 is 0 Å². The second-order valence-corrected chi connectivity index (χ2v) is 7.03. The van der Waals surface area contributed by atoms with Crippen LogP contribution in [-0.4, -0.2) is 36.9 Å². The Balaban J connectivity index is 0.00000300. The van der Waals surface area contributed by atoms with Crippen molar-refractivity contribution in [2.75, 3.05) is 19.7 Å². The number of aromatic nitrogens is 1. The average molecular weight is 516 g/mol. The van der Waals surface area contributed by atoms with Crippen LogP contribution in [0.4, 0.5) is 0 Å². The highest BCUT2D eigenvalue weighted by Gasteiger charge is 2.16. The lowest BCUT2D eigenvalue weighted by molar-refractivity contribution is 0.0194. The van der Waals surface area contributed by atoms with Crippen molar-refractivity contribution in [1.29, 1.82) is 0 Å². The summed E-state index contributed by atoms with van der Waals surface area (Å²) in [5, 5.41) is 11.0. The summed E-state index contributed by atoms with van der Waals surface area (Å²) in [6.45, 7) is 7.08. The summed E-state index contributed by atoms with van der Waals surface area (Å²) in [6.07, 6.45) is 7.91. The first-order valence-electron chi connectivity index (χ1n) is 10.4. The van der Waals surface area contributed by atoms with E-state index in [-0.39, 0.29) is 30.1 Å². The summed E-state index contributed by atoms with van der Waals surface area (Å²) in [4.78, 5) is 4.79. The Morgan fingerprint density at radius 3 is 2.83 bits per heavy atom. The van der Waals surface area contributed by atoms with Gasteiger partial charge in [0.05, 0.1) is 24.6 Å². The number of aliphatic imine (C=N–C) groups is 1. The summed E-state index contributed by atoms with van der Waals surface area (Å²) in [5.74, 6) is 2.67. The van der Waals surface area contributed by atoms with E-state index in [0.29, 0.717) is 6.54 Å². The van der Waals surface area contributed by atoms with Crippen LogP contribution in [0.25, 0.3) is 0 Å². The molecule has 2 N–H and O–H groups in total. The molecule has 1 unspecified atom stereocenters. The summed E-state index contributed by atoms with van der Waals surface area (Å²) in [6, 6.07) is 3.90. The maximum Gasteiger partial charge on any atom is 0.191 e. The number of rotatable bonds is 9. The Morgan fingerprint density at radius 1 is 1.24 bits per heavy atom. The van der Waals surface area contributed by atoms with Gasteiger partial charge < -0.3 is 24.3 Å². The third kappa shape index (κ3) is 7.33. The first-order chi connectivity index (χ1) is 13.8. The Morgan fingerprint density at radius 2 is 2.14 bits per heavy atom. The van der Waals surface area contributed by atoms with Gasteiger partial charge in [-0.1, -0.05) is 19.0 Å². The zero-order valence-corrected chi connectivity index (χ0v) is 19.7. The van der Waals surface area contributed by atoms with Gasteiger partial charge in [0.25, 0.3) is 0 Å². The topological polar surface area (TPSA) is 84.8 Å². The lowest BCUT2D eigenvalue weighted by atomic mass is 10.1. The Labute approximate surface area is 190 Å². The van der Waals surface area contributed by atoms with Crippen molar-refractivity contribution in [2.45, 2.75) is 65.0 Å². The predicted molar refractivity (Wildman–Crippen MR) is 124 cm³/mol. The number of nitrogens with zero attached hydrogens (tertiary/aromatic N) is 2. The van der Waals surface area contributed by atoms with Crippen LogP contribution in [0, 0.1) is 0 Å². The van der Waals surface area contributed by atoms with Crippen molar-refractivity contribution in [3.8, 4) is 0 Å². The lowest BCUT2D eigenvalue weighted by Crippen LogP contribution is -2.43. The fourth-order valence-corrected chi connectivity index (χ4v) is 3.39. The van der Waals surface area contributed by atoms with E-state index in [9.17, 15) is 0 Å². The van der Waals surface area contributed by atoms with Gasteiger partial charge in [-0.2, -0.15) is 0 Å². The molecule has 0 aliphatic carbocycles. The van der Waals surface area contributed by atoms with Crippen LogP contribution < -0.4 is 10.6 Å². The van der Waals surface area contributed by atoms with E-state index in [0.717, 1.165) is 80.5 Å². The number of guanidine groups is 1. The molecule has 0 amide bonds. The monoisotopic (exact) mass is 516 g/mol. The minimum atomic E-state index is 0. The molecule has 3 rings (SSSR count). The first kappa shape index (κ1) is 23.7. The third-order valence-electron chi connectivity index (χ3n) is 5.02. The molecule has 0 spiro atoms. The first-order valence-corrected chi connectivity index (χ1v) is 10.4. The van der Waals surface area contributed by atoms with Gasteiger partial charge in [-0.05, 0) is 37.8 Å². The van der Waals surface area contributed by atoms with Crippen molar-refractivity contribution in [2.24, 2.45) is 4.99 Å². The van der Waals surface area contributed by atoms with Crippen molar-refractivity contribution < 1.29 is 13.7 Å². The average Bonchev–Trinajstić information content (AvgIpc) is 3.39. The Hall–Kier alpha value is -1.55. The second-order valence-electron chi connectivity index (χ2n) is 7.03. The normalized spacial score (nSPS) is 17.0. The highest BCUT2D eigenvalue weighted by atomic mass is 127. The number of hydrogen-bond donors (Lipinski definition) is 2. The van der Waals surface area contributed by atoms with E-state index in [1.807, 2.05) is 12.1 Å². The minimum absolute atomic E-state index is 0. The largest absolute Gasteiger partial charge is 0.469 e. The summed E-state index contributed by atoms with van der Waals surface area (Å²) >= 11 is 0. The zero-order chi connectivity index (χ0) is 19.6. The maximum absolute atomic E-state index is 5.83. The van der Waals surface area contributed by atoms with Gasteiger partial charge in [0.2, 0.25) is 0 Å². The molecule has 1 saturated heterocycles. The summed E-state index contributed by atoms with van der Waals surface area (Å²) < 4.78 is 16.7. The van der Waals surface area contributed by atoms with Crippen LogP contribution in [0.3, 0.4) is 0 Å². The van der Waals surface area contributed by atoms with E-state index in [1.165, 1.54) is 6.42 Å². The van der Waals surface area contributed by atoms with E-state index in [2.05, 4.69) is 29.6 Å². The standard InChI is InChI=1S/C21H32N4O3.HI/c1-3-19-18(20(4-2)28-25-19)15-24-21(22-11-10-16-9-7-13-26-16)23-14-17-8-5-6-12-27-17;/h7,9,13,17H,3-6,8,10-12,14-15H2,1-2H3,(H2,22,23,24);1H. The molecule has 29 heavy (non-hydrogen) atoms. The van der Waals surface area contributed by atoms with Crippen LogP contribution in [0.5, 0.6) is 0 Å². The van der Waals surface area contributed by atoms with Gasteiger partial charge in [-0.25, -0.2) is 4.99 Å². The van der Waals surface area contributed by atoms with Crippen molar-refractivity contribution in [3.05, 3.63) is 41.2 Å². The fraction of sp³-hybridized carbons (Fsp3) is 0.619. The molecule has 1 aliphatic heterocycles. The van der Waals surface area contributed by atoms with Crippen molar-refractivity contribution in [3.63, 3.8) is 0 Å². The minimum Gasteiger partial charge on any atom is -0.469 e. The molecule has 0 aromatic carbocycles. The molecule has 2 aromatic heterocycles. The van der Waals surface area contributed by atoms with E-state index in [1.54, 1.807) is 6.26 Å². The molecule has 8 heteroatoms. The number of ether oxygens (including phenoxy) is 1.